The molecule has 35 heavy (non-hydrogen) atoms. The fraction of sp³-hybridized carbons (Fsp3) is 0.161. The molecule has 0 aliphatic heterocycles. The summed E-state index contributed by atoms with van der Waals surface area (Å²) in [6.07, 6.45) is 3.89. The number of amides is 1. The van der Waals surface area contributed by atoms with Gasteiger partial charge in [0.15, 0.2) is 0 Å². The third-order valence-corrected chi connectivity index (χ3v) is 6.41. The normalized spacial score (nSPS) is 12.0. The second-order valence-electron chi connectivity index (χ2n) is 9.12. The average Bonchev–Trinajstić information content (AvgIpc) is 3.27. The Hall–Kier alpha value is -4.18. The van der Waals surface area contributed by atoms with Gasteiger partial charge in [-0.25, -0.2) is 0 Å². The van der Waals surface area contributed by atoms with E-state index in [-0.39, 0.29) is 11.9 Å². The number of furan rings is 1. The summed E-state index contributed by atoms with van der Waals surface area (Å²) in [6.45, 7) is 6.20. The predicted octanol–water partition coefficient (Wildman–Crippen LogP) is 6.87. The molecule has 4 heteroatoms. The quantitative estimate of drug-likeness (QED) is 0.301. The maximum absolute atomic E-state index is 13.2. The van der Waals surface area contributed by atoms with Crippen LogP contribution in [0.3, 0.4) is 0 Å². The SMILES string of the molecule is Cc1ccc(C(NC(=O)Cc2ccc3oc(-c4ccncc4C)cc3c2)c2ccccc2)c(C)c1. The van der Waals surface area contributed by atoms with E-state index < -0.39 is 0 Å². The number of hydrogen-bond acceptors (Lipinski definition) is 3. The number of nitrogens with one attached hydrogen (secondary N) is 1. The molecule has 1 atom stereocenters. The molecule has 5 rings (SSSR count). The van der Waals surface area contributed by atoms with E-state index in [0.29, 0.717) is 6.42 Å². The van der Waals surface area contributed by atoms with Gasteiger partial charge in [0.1, 0.15) is 11.3 Å². The van der Waals surface area contributed by atoms with E-state index in [1.54, 1.807) is 6.20 Å². The van der Waals surface area contributed by atoms with Gasteiger partial charge in [-0.2, -0.15) is 0 Å². The van der Waals surface area contributed by atoms with Crippen molar-refractivity contribution in [2.75, 3.05) is 0 Å². The number of pyridine rings is 1. The summed E-state index contributed by atoms with van der Waals surface area (Å²) in [4.78, 5) is 17.4. The molecule has 0 aliphatic rings. The number of benzene rings is 3. The number of aromatic nitrogens is 1. The molecule has 4 nitrogen and oxygen atoms in total. The van der Waals surface area contributed by atoms with E-state index in [2.05, 4.69) is 54.5 Å². The molecule has 0 saturated carbocycles. The van der Waals surface area contributed by atoms with Crippen LogP contribution in [0.15, 0.2) is 95.7 Å². The molecule has 5 aromatic rings. The summed E-state index contributed by atoms with van der Waals surface area (Å²) in [5, 5.41) is 4.26. The molecule has 1 unspecified atom stereocenters. The Balaban J connectivity index is 1.39. The minimum Gasteiger partial charge on any atom is -0.456 e. The lowest BCUT2D eigenvalue weighted by Crippen LogP contribution is -2.31. The van der Waals surface area contributed by atoms with Gasteiger partial charge in [0.25, 0.3) is 0 Å². The number of nitrogens with zero attached hydrogens (tertiary/aromatic N) is 1. The second kappa shape index (κ2) is 9.59. The number of carbonyl (C=O) groups is 1. The van der Waals surface area contributed by atoms with E-state index in [0.717, 1.165) is 50.1 Å². The van der Waals surface area contributed by atoms with Gasteiger partial charge in [-0.05, 0) is 72.9 Å². The monoisotopic (exact) mass is 460 g/mol. The molecule has 2 aromatic heterocycles. The molecule has 0 radical (unpaired) electrons. The van der Waals surface area contributed by atoms with Gasteiger partial charge in [-0.3, -0.25) is 9.78 Å². The lowest BCUT2D eigenvalue weighted by atomic mass is 9.93. The van der Waals surface area contributed by atoms with Gasteiger partial charge < -0.3 is 9.73 Å². The highest BCUT2D eigenvalue weighted by atomic mass is 16.3. The number of fused-ring (bicyclic) bond motifs is 1. The Morgan fingerprint density at radius 1 is 0.914 bits per heavy atom. The van der Waals surface area contributed by atoms with Crippen LogP contribution in [0, 0.1) is 20.8 Å². The van der Waals surface area contributed by atoms with Crippen LogP contribution in [0.4, 0.5) is 0 Å². The van der Waals surface area contributed by atoms with Gasteiger partial charge in [0.2, 0.25) is 5.91 Å². The average molecular weight is 461 g/mol. The van der Waals surface area contributed by atoms with Crippen LogP contribution in [0.2, 0.25) is 0 Å². The molecule has 0 fully saturated rings. The number of rotatable bonds is 6. The van der Waals surface area contributed by atoms with Crippen molar-refractivity contribution in [3.63, 3.8) is 0 Å². The predicted molar refractivity (Wildman–Crippen MR) is 140 cm³/mol. The zero-order chi connectivity index (χ0) is 24.4. The first-order chi connectivity index (χ1) is 17.0. The van der Waals surface area contributed by atoms with Crippen LogP contribution in [0.25, 0.3) is 22.3 Å². The van der Waals surface area contributed by atoms with E-state index in [1.807, 2.05) is 61.7 Å². The molecule has 3 aromatic carbocycles. The highest BCUT2D eigenvalue weighted by molar-refractivity contribution is 5.86. The van der Waals surface area contributed by atoms with Crippen molar-refractivity contribution >= 4 is 16.9 Å². The van der Waals surface area contributed by atoms with Crippen molar-refractivity contribution in [3.05, 3.63) is 125 Å². The standard InChI is InChI=1S/C31H28N2O2/c1-20-9-11-27(21(2)15-20)31(24-7-5-4-6-8-24)33-30(34)17-23-10-12-28-25(16-23)18-29(35-28)26-13-14-32-19-22(26)3/h4-16,18-19,31H,17H2,1-3H3,(H,33,34). The largest absolute Gasteiger partial charge is 0.456 e. The maximum atomic E-state index is 13.2. The molecule has 0 aliphatic carbocycles. The van der Waals surface area contributed by atoms with E-state index in [4.69, 9.17) is 4.42 Å². The summed E-state index contributed by atoms with van der Waals surface area (Å²) >= 11 is 0. The third-order valence-electron chi connectivity index (χ3n) is 6.41. The molecule has 1 N–H and O–H groups in total. The highest BCUT2D eigenvalue weighted by Gasteiger charge is 2.19. The summed E-state index contributed by atoms with van der Waals surface area (Å²) in [6, 6.07) is 26.2. The van der Waals surface area contributed by atoms with E-state index in [1.165, 1.54) is 5.56 Å². The first-order valence-electron chi connectivity index (χ1n) is 11.8. The summed E-state index contributed by atoms with van der Waals surface area (Å²) in [7, 11) is 0. The van der Waals surface area contributed by atoms with Crippen LogP contribution in [-0.4, -0.2) is 10.9 Å². The molecule has 0 spiro atoms. The Labute approximate surface area is 205 Å². The zero-order valence-electron chi connectivity index (χ0n) is 20.2. The Morgan fingerprint density at radius 3 is 2.51 bits per heavy atom. The zero-order valence-corrected chi connectivity index (χ0v) is 20.2. The van der Waals surface area contributed by atoms with Crippen LogP contribution in [0.1, 0.15) is 39.4 Å². The van der Waals surface area contributed by atoms with E-state index in [9.17, 15) is 4.79 Å². The van der Waals surface area contributed by atoms with Crippen LogP contribution >= 0.6 is 0 Å². The summed E-state index contributed by atoms with van der Waals surface area (Å²) in [5.41, 5.74) is 8.38. The second-order valence-corrected chi connectivity index (χ2v) is 9.12. The molecular formula is C31H28N2O2. The lowest BCUT2D eigenvalue weighted by molar-refractivity contribution is -0.120. The molecule has 0 saturated heterocycles. The van der Waals surface area contributed by atoms with Crippen molar-refractivity contribution in [2.24, 2.45) is 0 Å². The van der Waals surface area contributed by atoms with Crippen molar-refractivity contribution < 1.29 is 9.21 Å². The highest BCUT2D eigenvalue weighted by Crippen LogP contribution is 2.30. The van der Waals surface area contributed by atoms with Crippen LogP contribution in [-0.2, 0) is 11.2 Å². The smallest absolute Gasteiger partial charge is 0.225 e. The Bertz CT molecular complexity index is 1500. The van der Waals surface area contributed by atoms with Gasteiger partial charge >= 0.3 is 0 Å². The van der Waals surface area contributed by atoms with Gasteiger partial charge in [0.05, 0.1) is 12.5 Å². The third kappa shape index (κ3) is 4.87. The topological polar surface area (TPSA) is 55.1 Å². The van der Waals surface area contributed by atoms with Crippen molar-refractivity contribution in [3.8, 4) is 11.3 Å². The first kappa shape index (κ1) is 22.6. The van der Waals surface area contributed by atoms with Gasteiger partial charge in [-0.1, -0.05) is 60.2 Å². The fourth-order valence-electron chi connectivity index (χ4n) is 4.62. The first-order valence-corrected chi connectivity index (χ1v) is 11.8. The molecule has 1 amide bonds. The van der Waals surface area contributed by atoms with Crippen molar-refractivity contribution in [1.29, 1.82) is 0 Å². The molecular weight excluding hydrogens is 432 g/mol. The summed E-state index contributed by atoms with van der Waals surface area (Å²) in [5.74, 6) is 0.785. The number of carbonyl (C=O) groups excluding carboxylic acids is 1. The van der Waals surface area contributed by atoms with E-state index >= 15 is 0 Å². The minimum absolute atomic E-state index is 0.0214. The van der Waals surface area contributed by atoms with Crippen molar-refractivity contribution in [2.45, 2.75) is 33.2 Å². The minimum atomic E-state index is -0.205. The van der Waals surface area contributed by atoms with Crippen LogP contribution < -0.4 is 5.32 Å². The van der Waals surface area contributed by atoms with Gasteiger partial charge in [0, 0.05) is 23.3 Å². The van der Waals surface area contributed by atoms with Gasteiger partial charge in [-0.15, -0.1) is 0 Å². The molecule has 0 bridgehead atoms. The molecule has 2 heterocycles. The lowest BCUT2D eigenvalue weighted by Gasteiger charge is -2.22. The summed E-state index contributed by atoms with van der Waals surface area (Å²) < 4.78 is 6.07. The Morgan fingerprint density at radius 2 is 1.74 bits per heavy atom. The fourth-order valence-corrected chi connectivity index (χ4v) is 4.62. The van der Waals surface area contributed by atoms with Crippen molar-refractivity contribution in [1.82, 2.24) is 10.3 Å². The van der Waals surface area contributed by atoms with Crippen LogP contribution in [0.5, 0.6) is 0 Å². The number of hydrogen-bond donors (Lipinski definition) is 1. The maximum Gasteiger partial charge on any atom is 0.225 e. The Kier molecular flexibility index (Phi) is 6.19. The molecule has 174 valence electrons. The number of aryl methyl sites for hydroxylation is 3.